The number of esters is 2. The van der Waals surface area contributed by atoms with Gasteiger partial charge in [0.15, 0.2) is 17.1 Å². The summed E-state index contributed by atoms with van der Waals surface area (Å²) in [5, 5.41) is 0. The molecule has 6 nitrogen and oxygen atoms in total. The maximum absolute atomic E-state index is 12.9. The predicted molar refractivity (Wildman–Crippen MR) is 123 cm³/mol. The van der Waals surface area contributed by atoms with E-state index in [9.17, 15) is 9.59 Å². The van der Waals surface area contributed by atoms with Crippen LogP contribution in [0.25, 0.3) is 0 Å². The molecule has 3 rings (SSSR count). The highest BCUT2D eigenvalue weighted by atomic mass is 32.1. The van der Waals surface area contributed by atoms with Crippen LogP contribution >= 0.6 is 12.6 Å². The first kappa shape index (κ1) is 24.3. The summed E-state index contributed by atoms with van der Waals surface area (Å²) < 4.78 is 23.8. The third kappa shape index (κ3) is 5.00. The smallest absolute Gasteiger partial charge is 0.338 e. The molecular formula is C25H30O6S. The van der Waals surface area contributed by atoms with Crippen molar-refractivity contribution in [3.8, 4) is 0 Å². The van der Waals surface area contributed by atoms with E-state index in [0.717, 1.165) is 0 Å². The first-order valence-electron chi connectivity index (χ1n) is 10.5. The van der Waals surface area contributed by atoms with Crippen molar-refractivity contribution in [2.75, 3.05) is 7.11 Å². The molecule has 0 aliphatic carbocycles. The highest BCUT2D eigenvalue weighted by Crippen LogP contribution is 2.45. The Morgan fingerprint density at radius 3 is 2.03 bits per heavy atom. The third-order valence-electron chi connectivity index (χ3n) is 5.39. The molecule has 7 heteroatoms. The number of hydrogen-bond acceptors (Lipinski definition) is 7. The van der Waals surface area contributed by atoms with E-state index in [0.29, 0.717) is 11.1 Å². The summed E-state index contributed by atoms with van der Waals surface area (Å²) >= 11 is 4.86. The van der Waals surface area contributed by atoms with Gasteiger partial charge in [0.1, 0.15) is 6.10 Å². The van der Waals surface area contributed by atoms with E-state index in [1.807, 2.05) is 36.4 Å². The van der Waals surface area contributed by atoms with E-state index < -0.39 is 46.7 Å². The highest BCUT2D eigenvalue weighted by Gasteiger charge is 2.57. The van der Waals surface area contributed by atoms with E-state index >= 15 is 0 Å². The minimum absolute atomic E-state index is 0.406. The maximum Gasteiger partial charge on any atom is 0.338 e. The molecule has 1 unspecified atom stereocenters. The fraction of sp³-hybridized carbons (Fsp3) is 0.440. The monoisotopic (exact) mass is 458 g/mol. The van der Waals surface area contributed by atoms with Gasteiger partial charge < -0.3 is 18.9 Å². The molecule has 5 atom stereocenters. The third-order valence-corrected chi connectivity index (χ3v) is 6.01. The topological polar surface area (TPSA) is 71.1 Å². The fourth-order valence-electron chi connectivity index (χ4n) is 3.61. The molecule has 0 bridgehead atoms. The van der Waals surface area contributed by atoms with Crippen LogP contribution in [-0.2, 0) is 28.7 Å². The van der Waals surface area contributed by atoms with E-state index in [-0.39, 0.29) is 0 Å². The van der Waals surface area contributed by atoms with Crippen molar-refractivity contribution in [2.45, 2.75) is 57.0 Å². The molecule has 0 spiro atoms. The molecule has 0 amide bonds. The summed E-state index contributed by atoms with van der Waals surface area (Å²) in [7, 11) is 1.49. The molecule has 1 saturated heterocycles. The first-order valence-corrected chi connectivity index (χ1v) is 11.0. The second kappa shape index (κ2) is 9.65. The SMILES string of the molecule is CO[C@H]1[C@H](OC(=O)c2ccccc2)[C@@H](C)OC(S)(c2ccccc2)[C@@H]1OC(=O)C(C)(C)C. The zero-order chi connectivity index (χ0) is 23.5. The summed E-state index contributed by atoms with van der Waals surface area (Å²) in [5.74, 6) is -0.953. The number of thiol groups is 1. The van der Waals surface area contributed by atoms with E-state index in [1.165, 1.54) is 7.11 Å². The lowest BCUT2D eigenvalue weighted by Crippen LogP contribution is -2.63. The largest absolute Gasteiger partial charge is 0.455 e. The van der Waals surface area contributed by atoms with Crippen LogP contribution in [0.1, 0.15) is 43.6 Å². The molecular weight excluding hydrogens is 428 g/mol. The summed E-state index contributed by atoms with van der Waals surface area (Å²) in [6, 6.07) is 18.0. The number of hydrogen-bond donors (Lipinski definition) is 1. The summed E-state index contributed by atoms with van der Waals surface area (Å²) in [5.41, 5.74) is 0.350. The van der Waals surface area contributed by atoms with Crippen molar-refractivity contribution in [2.24, 2.45) is 5.41 Å². The maximum atomic E-state index is 12.9. The van der Waals surface area contributed by atoms with Gasteiger partial charge >= 0.3 is 11.9 Å². The van der Waals surface area contributed by atoms with E-state index in [1.54, 1.807) is 52.0 Å². The van der Waals surface area contributed by atoms with Gasteiger partial charge in [0.2, 0.25) is 0 Å². The van der Waals surface area contributed by atoms with Gasteiger partial charge in [-0.3, -0.25) is 4.79 Å². The van der Waals surface area contributed by atoms with Gasteiger partial charge in [-0.2, -0.15) is 0 Å². The number of benzene rings is 2. The quantitative estimate of drug-likeness (QED) is 0.529. The second-order valence-electron chi connectivity index (χ2n) is 8.90. The Hall–Kier alpha value is -2.35. The van der Waals surface area contributed by atoms with Crippen LogP contribution < -0.4 is 0 Å². The van der Waals surface area contributed by atoms with Gasteiger partial charge in [-0.25, -0.2) is 4.79 Å². The molecule has 1 heterocycles. The summed E-state index contributed by atoms with van der Waals surface area (Å²) in [6.45, 7) is 7.07. The second-order valence-corrected chi connectivity index (χ2v) is 9.56. The van der Waals surface area contributed by atoms with Crippen LogP contribution in [0.3, 0.4) is 0 Å². The number of methoxy groups -OCH3 is 1. The molecule has 1 aliphatic rings. The molecule has 1 aliphatic heterocycles. The molecule has 2 aromatic rings. The minimum Gasteiger partial charge on any atom is -0.455 e. The van der Waals surface area contributed by atoms with Crippen LogP contribution in [0.5, 0.6) is 0 Å². The van der Waals surface area contributed by atoms with Crippen molar-refractivity contribution in [3.63, 3.8) is 0 Å². The zero-order valence-electron chi connectivity index (χ0n) is 19.0. The Balaban J connectivity index is 1.99. The average molecular weight is 459 g/mol. The van der Waals surface area contributed by atoms with Gasteiger partial charge in [-0.15, -0.1) is 12.6 Å². The number of carbonyl (C=O) groups excluding carboxylic acids is 2. The summed E-state index contributed by atoms with van der Waals surface area (Å²) in [4.78, 5) is 24.3. The summed E-state index contributed by atoms with van der Waals surface area (Å²) in [6.07, 6.45) is -3.20. The van der Waals surface area contributed by atoms with E-state index in [2.05, 4.69) is 0 Å². The molecule has 0 aromatic heterocycles. The Labute approximate surface area is 194 Å². The lowest BCUT2D eigenvalue weighted by atomic mass is 9.89. The molecule has 172 valence electrons. The number of rotatable bonds is 5. The Morgan fingerprint density at radius 1 is 0.938 bits per heavy atom. The standard InChI is InChI=1S/C25H30O6S/c1-16-19(29-22(26)17-12-8-6-9-13-17)20(28-5)21(30-23(27)24(2,3)4)25(32,31-16)18-14-10-7-11-15-18/h6-16,19-21,32H,1-5H3/t16-,19-,20+,21-,25?/m1/s1. The van der Waals surface area contributed by atoms with Crippen molar-refractivity contribution in [3.05, 3.63) is 71.8 Å². The molecule has 0 saturated carbocycles. The first-order chi connectivity index (χ1) is 15.1. The molecule has 2 aromatic carbocycles. The Bertz CT molecular complexity index is 926. The Morgan fingerprint density at radius 2 is 1.50 bits per heavy atom. The Kier molecular flexibility index (Phi) is 7.32. The lowest BCUT2D eigenvalue weighted by molar-refractivity contribution is -0.251. The van der Waals surface area contributed by atoms with E-state index in [4.69, 9.17) is 31.6 Å². The lowest BCUT2D eigenvalue weighted by Gasteiger charge is -2.49. The normalized spacial score (nSPS) is 28.1. The van der Waals surface area contributed by atoms with Gasteiger partial charge in [0.25, 0.3) is 0 Å². The minimum atomic E-state index is -1.31. The molecule has 1 fully saturated rings. The highest BCUT2D eigenvalue weighted by molar-refractivity contribution is 7.81. The van der Waals surface area contributed by atoms with Gasteiger partial charge in [0.05, 0.1) is 17.1 Å². The van der Waals surface area contributed by atoms with Crippen LogP contribution in [-0.4, -0.2) is 43.5 Å². The van der Waals surface area contributed by atoms with Crippen molar-refractivity contribution in [1.29, 1.82) is 0 Å². The van der Waals surface area contributed by atoms with Crippen LogP contribution in [0, 0.1) is 5.41 Å². The van der Waals surface area contributed by atoms with Crippen LogP contribution in [0.15, 0.2) is 60.7 Å². The average Bonchev–Trinajstić information content (AvgIpc) is 2.77. The van der Waals surface area contributed by atoms with Gasteiger partial charge in [0, 0.05) is 7.11 Å². The van der Waals surface area contributed by atoms with Crippen molar-refractivity contribution in [1.82, 2.24) is 0 Å². The fourth-order valence-corrected chi connectivity index (χ4v) is 4.13. The van der Waals surface area contributed by atoms with Crippen molar-refractivity contribution >= 4 is 24.6 Å². The van der Waals surface area contributed by atoms with Crippen molar-refractivity contribution < 1.29 is 28.5 Å². The molecule has 0 N–H and O–H groups in total. The van der Waals surface area contributed by atoms with Gasteiger partial charge in [-0.05, 0) is 45.4 Å². The number of carbonyl (C=O) groups is 2. The number of ether oxygens (including phenoxy) is 4. The van der Waals surface area contributed by atoms with Crippen LogP contribution in [0.2, 0.25) is 0 Å². The zero-order valence-corrected chi connectivity index (χ0v) is 19.9. The predicted octanol–water partition coefficient (Wildman–Crippen LogP) is 4.39. The molecule has 0 radical (unpaired) electrons. The van der Waals surface area contributed by atoms with Gasteiger partial charge in [-0.1, -0.05) is 48.5 Å². The van der Waals surface area contributed by atoms with Crippen LogP contribution in [0.4, 0.5) is 0 Å². The molecule has 32 heavy (non-hydrogen) atoms.